The number of rotatable bonds is 5. The van der Waals surface area contributed by atoms with Crippen LogP contribution in [0.1, 0.15) is 36.4 Å². The van der Waals surface area contributed by atoms with Crippen molar-refractivity contribution in [2.24, 2.45) is 5.10 Å². The maximum atomic E-state index is 13.2. The second-order valence-electron chi connectivity index (χ2n) is 6.49. The van der Waals surface area contributed by atoms with Crippen LogP contribution in [0, 0.1) is 6.92 Å². The van der Waals surface area contributed by atoms with Gasteiger partial charge in [-0.2, -0.15) is 5.10 Å². The van der Waals surface area contributed by atoms with Crippen molar-refractivity contribution in [3.05, 3.63) is 70.1 Å². The van der Waals surface area contributed by atoms with Gasteiger partial charge in [-0.15, -0.1) is 11.3 Å². The Labute approximate surface area is 176 Å². The van der Waals surface area contributed by atoms with E-state index in [1.54, 1.807) is 22.6 Å². The van der Waals surface area contributed by atoms with Gasteiger partial charge in [-0.25, -0.2) is 9.99 Å². The molecule has 0 N–H and O–H groups in total. The zero-order chi connectivity index (χ0) is 19.7. The predicted molar refractivity (Wildman–Crippen MR) is 113 cm³/mol. The quantitative estimate of drug-likeness (QED) is 0.496. The second kappa shape index (κ2) is 8.11. The van der Waals surface area contributed by atoms with Crippen LogP contribution in [0.2, 0.25) is 5.02 Å². The molecule has 0 bridgehead atoms. The van der Waals surface area contributed by atoms with E-state index in [1.165, 1.54) is 11.8 Å². The molecule has 0 fully saturated rings. The maximum Gasteiger partial charge on any atom is 0.256 e. The van der Waals surface area contributed by atoms with Crippen molar-refractivity contribution in [1.29, 1.82) is 0 Å². The zero-order valence-electron chi connectivity index (χ0n) is 15.3. The van der Waals surface area contributed by atoms with E-state index < -0.39 is 0 Å². The normalized spacial score (nSPS) is 17.6. The van der Waals surface area contributed by atoms with Gasteiger partial charge in [0.05, 0.1) is 17.2 Å². The summed E-state index contributed by atoms with van der Waals surface area (Å²) < 4.78 is 6.48. The summed E-state index contributed by atoms with van der Waals surface area (Å²) in [5.74, 6) is 0.659. The molecule has 28 heavy (non-hydrogen) atoms. The average molecular weight is 432 g/mol. The highest BCUT2D eigenvalue weighted by Crippen LogP contribution is 2.36. The van der Waals surface area contributed by atoms with Crippen LogP contribution in [0.5, 0.6) is 0 Å². The average Bonchev–Trinajstić information content (AvgIpc) is 3.42. The predicted octanol–water partition coefficient (Wildman–Crippen LogP) is 5.56. The van der Waals surface area contributed by atoms with Crippen molar-refractivity contribution in [1.82, 2.24) is 9.99 Å². The Morgan fingerprint density at radius 2 is 2.14 bits per heavy atom. The number of carbonyl (C=O) groups is 1. The van der Waals surface area contributed by atoms with Crippen LogP contribution in [0.4, 0.5) is 0 Å². The number of hydrogen-bond donors (Lipinski definition) is 0. The maximum absolute atomic E-state index is 13.2. The molecule has 3 heterocycles. The molecular formula is C20H18ClN3O2S2. The number of carbonyl (C=O) groups excluding carboxylic acids is 1. The summed E-state index contributed by atoms with van der Waals surface area (Å²) in [6, 6.07) is 11.0. The van der Waals surface area contributed by atoms with Crippen LogP contribution < -0.4 is 0 Å². The van der Waals surface area contributed by atoms with E-state index in [-0.39, 0.29) is 17.2 Å². The number of halogens is 1. The van der Waals surface area contributed by atoms with Crippen molar-refractivity contribution in [2.45, 2.75) is 35.9 Å². The van der Waals surface area contributed by atoms with Gasteiger partial charge in [-0.3, -0.25) is 4.79 Å². The summed E-state index contributed by atoms with van der Waals surface area (Å²) in [5.41, 5.74) is 2.76. The van der Waals surface area contributed by atoms with Gasteiger partial charge in [0.25, 0.3) is 5.91 Å². The van der Waals surface area contributed by atoms with Crippen LogP contribution in [-0.4, -0.2) is 26.9 Å². The molecule has 144 valence electrons. The molecule has 0 saturated carbocycles. The number of aromatic nitrogens is 1. The van der Waals surface area contributed by atoms with Crippen molar-refractivity contribution in [3.63, 3.8) is 0 Å². The first kappa shape index (κ1) is 19.2. The Hall–Kier alpha value is -2.09. The van der Waals surface area contributed by atoms with Gasteiger partial charge in [0, 0.05) is 22.5 Å². The summed E-state index contributed by atoms with van der Waals surface area (Å²) >= 11 is 9.01. The molecule has 0 radical (unpaired) electrons. The smallest absolute Gasteiger partial charge is 0.256 e. The van der Waals surface area contributed by atoms with Gasteiger partial charge in [0.1, 0.15) is 11.8 Å². The molecule has 0 unspecified atom stereocenters. The van der Waals surface area contributed by atoms with Crippen LogP contribution in [-0.2, 0) is 4.79 Å². The standard InChI is InChI=1S/C20H18ClN3O2S2/c1-12-11-27-20(22-12)28-13(2)19(25)24-17(18-4-3-9-26-18)10-16(23-24)14-5-7-15(21)8-6-14/h3-9,11,13,17H,10H2,1-2H3/t13-,17+/m0/s1. The Balaban J connectivity index is 1.60. The summed E-state index contributed by atoms with van der Waals surface area (Å²) in [4.78, 5) is 17.6. The van der Waals surface area contributed by atoms with Crippen LogP contribution in [0.15, 0.2) is 61.9 Å². The minimum absolute atomic E-state index is 0.0665. The third kappa shape index (κ3) is 4.01. The van der Waals surface area contributed by atoms with E-state index in [0.29, 0.717) is 11.4 Å². The van der Waals surface area contributed by atoms with Crippen LogP contribution >= 0.6 is 34.7 Å². The number of thioether (sulfide) groups is 1. The Morgan fingerprint density at radius 1 is 1.36 bits per heavy atom. The van der Waals surface area contributed by atoms with Gasteiger partial charge in [-0.1, -0.05) is 35.5 Å². The summed E-state index contributed by atoms with van der Waals surface area (Å²) in [6.45, 7) is 3.84. The van der Waals surface area contributed by atoms with Crippen molar-refractivity contribution in [2.75, 3.05) is 0 Å². The van der Waals surface area contributed by atoms with Crippen molar-refractivity contribution < 1.29 is 9.21 Å². The lowest BCUT2D eigenvalue weighted by Gasteiger charge is -2.22. The van der Waals surface area contributed by atoms with Crippen molar-refractivity contribution >= 4 is 46.3 Å². The third-order valence-corrected chi connectivity index (χ3v) is 6.84. The van der Waals surface area contributed by atoms with Crippen LogP contribution in [0.3, 0.4) is 0 Å². The van der Waals surface area contributed by atoms with Gasteiger partial charge >= 0.3 is 0 Å². The first-order valence-corrected chi connectivity index (χ1v) is 10.9. The highest BCUT2D eigenvalue weighted by Gasteiger charge is 2.37. The number of benzene rings is 1. The molecule has 0 spiro atoms. The lowest BCUT2D eigenvalue weighted by atomic mass is 10.0. The SMILES string of the molecule is Cc1csc(S[C@@H](C)C(=O)N2N=C(c3ccc(Cl)cc3)C[C@@H]2c2ccco2)n1. The first-order valence-electron chi connectivity index (χ1n) is 8.80. The fraction of sp³-hybridized carbons (Fsp3) is 0.250. The van der Waals surface area contributed by atoms with Gasteiger partial charge < -0.3 is 4.42 Å². The highest BCUT2D eigenvalue weighted by molar-refractivity contribution is 8.02. The van der Waals surface area contributed by atoms with E-state index in [0.717, 1.165) is 27.1 Å². The number of thiazole rings is 1. The number of nitrogens with zero attached hydrogens (tertiary/aromatic N) is 3. The van der Waals surface area contributed by atoms with E-state index >= 15 is 0 Å². The van der Waals surface area contributed by atoms with Crippen molar-refractivity contribution in [3.8, 4) is 0 Å². The molecule has 1 aliphatic heterocycles. The Kier molecular flexibility index (Phi) is 5.57. The fourth-order valence-corrected chi connectivity index (χ4v) is 5.16. The second-order valence-corrected chi connectivity index (χ2v) is 9.37. The molecule has 0 aliphatic carbocycles. The third-order valence-electron chi connectivity index (χ3n) is 4.41. The molecule has 8 heteroatoms. The zero-order valence-corrected chi connectivity index (χ0v) is 17.7. The minimum atomic E-state index is -0.309. The summed E-state index contributed by atoms with van der Waals surface area (Å²) in [7, 11) is 0. The summed E-state index contributed by atoms with van der Waals surface area (Å²) in [6.07, 6.45) is 2.21. The fourth-order valence-electron chi connectivity index (χ4n) is 3.01. The van der Waals surface area contributed by atoms with Gasteiger partial charge in [0.2, 0.25) is 0 Å². The number of furan rings is 1. The molecule has 5 nitrogen and oxygen atoms in total. The number of hydrogen-bond acceptors (Lipinski definition) is 6. The number of aryl methyl sites for hydroxylation is 1. The molecule has 1 amide bonds. The van der Waals surface area contributed by atoms with Gasteiger partial charge in [-0.05, 0) is 43.7 Å². The molecule has 0 saturated heterocycles. The first-order chi connectivity index (χ1) is 13.5. The van der Waals surface area contributed by atoms with Gasteiger partial charge in [0.15, 0.2) is 4.34 Å². The molecular weight excluding hydrogens is 414 g/mol. The van der Waals surface area contributed by atoms with E-state index in [2.05, 4.69) is 10.1 Å². The lowest BCUT2D eigenvalue weighted by Crippen LogP contribution is -2.33. The highest BCUT2D eigenvalue weighted by atomic mass is 35.5. The topological polar surface area (TPSA) is 58.7 Å². The molecule has 4 rings (SSSR count). The number of amides is 1. The Morgan fingerprint density at radius 3 is 2.79 bits per heavy atom. The molecule has 1 aromatic carbocycles. The van der Waals surface area contributed by atoms with E-state index in [1.807, 2.05) is 55.6 Å². The molecule has 3 aromatic rings. The molecule has 2 aromatic heterocycles. The molecule has 1 aliphatic rings. The lowest BCUT2D eigenvalue weighted by molar-refractivity contribution is -0.132. The number of hydrazone groups is 1. The Bertz CT molecular complexity index is 999. The van der Waals surface area contributed by atoms with E-state index in [9.17, 15) is 4.79 Å². The molecule has 2 atom stereocenters. The van der Waals surface area contributed by atoms with Crippen LogP contribution in [0.25, 0.3) is 0 Å². The minimum Gasteiger partial charge on any atom is -0.467 e. The monoisotopic (exact) mass is 431 g/mol. The van der Waals surface area contributed by atoms with E-state index in [4.69, 9.17) is 16.0 Å². The largest absolute Gasteiger partial charge is 0.467 e. The summed E-state index contributed by atoms with van der Waals surface area (Å²) in [5, 5.41) is 8.56.